The predicted octanol–water partition coefficient (Wildman–Crippen LogP) is 2.78. The molecule has 3 rings (SSSR count). The number of hydrogen-bond acceptors (Lipinski definition) is 5. The third kappa shape index (κ3) is 5.03. The summed E-state index contributed by atoms with van der Waals surface area (Å²) in [5.74, 6) is 0.413. The van der Waals surface area contributed by atoms with Gasteiger partial charge in [0.1, 0.15) is 0 Å². The minimum absolute atomic E-state index is 0.0866. The van der Waals surface area contributed by atoms with Crippen molar-refractivity contribution in [3.63, 3.8) is 0 Å². The molecule has 1 aliphatic rings. The van der Waals surface area contributed by atoms with E-state index >= 15 is 0 Å². The Bertz CT molecular complexity index is 840. The maximum absolute atomic E-state index is 12.3. The second-order valence-electron chi connectivity index (χ2n) is 6.58. The Morgan fingerprint density at radius 3 is 2.41 bits per heavy atom. The number of unbranched alkanes of at least 4 members (excludes halogenated alkanes) is 1. The lowest BCUT2D eigenvalue weighted by molar-refractivity contribution is 0.0714. The first kappa shape index (κ1) is 19.3. The van der Waals surface area contributed by atoms with Gasteiger partial charge in [0.15, 0.2) is 5.76 Å². The van der Waals surface area contributed by atoms with E-state index in [2.05, 4.69) is 9.62 Å². The first-order chi connectivity index (χ1) is 13.0. The molecule has 146 valence electrons. The van der Waals surface area contributed by atoms with Gasteiger partial charge in [0, 0.05) is 37.6 Å². The molecule has 27 heavy (non-hydrogen) atoms. The molecule has 0 bridgehead atoms. The van der Waals surface area contributed by atoms with Gasteiger partial charge in [0.2, 0.25) is 10.0 Å². The van der Waals surface area contributed by atoms with E-state index in [4.69, 9.17) is 4.42 Å². The summed E-state index contributed by atoms with van der Waals surface area (Å²) in [4.78, 5) is 16.3. The number of furan rings is 1. The molecule has 0 aliphatic carbocycles. The van der Waals surface area contributed by atoms with Crippen molar-refractivity contribution in [1.29, 1.82) is 0 Å². The lowest BCUT2D eigenvalue weighted by Gasteiger charge is -2.35. The van der Waals surface area contributed by atoms with Crippen LogP contribution in [0.15, 0.2) is 47.1 Å². The molecule has 1 fully saturated rings. The van der Waals surface area contributed by atoms with Crippen LogP contribution in [0.2, 0.25) is 0 Å². The van der Waals surface area contributed by atoms with Crippen LogP contribution in [0.1, 0.15) is 30.3 Å². The number of anilines is 2. The molecule has 0 saturated carbocycles. The van der Waals surface area contributed by atoms with Gasteiger partial charge in [-0.25, -0.2) is 8.42 Å². The van der Waals surface area contributed by atoms with E-state index in [9.17, 15) is 13.2 Å². The van der Waals surface area contributed by atoms with Gasteiger partial charge >= 0.3 is 0 Å². The topological polar surface area (TPSA) is 82.9 Å². The summed E-state index contributed by atoms with van der Waals surface area (Å²) in [5.41, 5.74) is 1.58. The largest absolute Gasteiger partial charge is 0.459 e. The number of hydrogen-bond donors (Lipinski definition) is 1. The molecule has 2 aromatic rings. The summed E-state index contributed by atoms with van der Waals surface area (Å²) in [6.45, 7) is 4.63. The van der Waals surface area contributed by atoms with E-state index in [1.807, 2.05) is 19.1 Å². The Balaban J connectivity index is 1.55. The number of carbonyl (C=O) groups excluding carboxylic acids is 1. The number of carbonyl (C=O) groups is 1. The van der Waals surface area contributed by atoms with E-state index in [1.54, 1.807) is 29.2 Å². The van der Waals surface area contributed by atoms with Crippen LogP contribution >= 0.6 is 0 Å². The molecule has 1 aromatic carbocycles. The van der Waals surface area contributed by atoms with Crippen LogP contribution in [0.25, 0.3) is 0 Å². The van der Waals surface area contributed by atoms with Crippen molar-refractivity contribution in [2.24, 2.45) is 0 Å². The van der Waals surface area contributed by atoms with Crippen LogP contribution in [-0.2, 0) is 10.0 Å². The van der Waals surface area contributed by atoms with E-state index in [1.165, 1.54) is 6.26 Å². The van der Waals surface area contributed by atoms with Crippen LogP contribution in [-0.4, -0.2) is 51.2 Å². The minimum atomic E-state index is -3.29. The highest BCUT2D eigenvalue weighted by Gasteiger charge is 2.23. The molecule has 0 atom stereocenters. The Morgan fingerprint density at radius 1 is 1.11 bits per heavy atom. The monoisotopic (exact) mass is 391 g/mol. The van der Waals surface area contributed by atoms with Crippen LogP contribution in [0, 0.1) is 0 Å². The maximum atomic E-state index is 12.3. The fraction of sp³-hybridized carbons (Fsp3) is 0.421. The summed E-state index contributed by atoms with van der Waals surface area (Å²) in [6.07, 6.45) is 2.99. The Kier molecular flexibility index (Phi) is 6.05. The Labute approximate surface area is 160 Å². The minimum Gasteiger partial charge on any atom is -0.459 e. The van der Waals surface area contributed by atoms with Crippen molar-refractivity contribution < 1.29 is 17.6 Å². The fourth-order valence-electron chi connectivity index (χ4n) is 3.03. The maximum Gasteiger partial charge on any atom is 0.289 e. The lowest BCUT2D eigenvalue weighted by atomic mass is 10.2. The molecule has 7 nitrogen and oxygen atoms in total. The van der Waals surface area contributed by atoms with Crippen molar-refractivity contribution in [1.82, 2.24) is 4.90 Å². The number of amides is 1. The number of rotatable bonds is 7. The molecule has 2 heterocycles. The highest BCUT2D eigenvalue weighted by atomic mass is 32.2. The van der Waals surface area contributed by atoms with Gasteiger partial charge in [-0.15, -0.1) is 0 Å². The molecular weight excluding hydrogens is 366 g/mol. The van der Waals surface area contributed by atoms with E-state index in [-0.39, 0.29) is 11.7 Å². The molecule has 0 radical (unpaired) electrons. The average Bonchev–Trinajstić information content (AvgIpc) is 3.21. The van der Waals surface area contributed by atoms with Gasteiger partial charge in [0.25, 0.3) is 5.91 Å². The Morgan fingerprint density at radius 2 is 1.81 bits per heavy atom. The third-order valence-corrected chi connectivity index (χ3v) is 5.94. The SMILES string of the molecule is CCCCS(=O)(=O)Nc1ccc(N2CCN(C(=O)c3ccco3)CC2)cc1. The summed E-state index contributed by atoms with van der Waals surface area (Å²) in [7, 11) is -3.29. The molecular formula is C19H25N3O4S. The number of nitrogens with one attached hydrogen (secondary N) is 1. The number of nitrogens with zero attached hydrogens (tertiary/aromatic N) is 2. The van der Waals surface area contributed by atoms with Crippen molar-refractivity contribution in [2.45, 2.75) is 19.8 Å². The molecule has 1 amide bonds. The normalized spacial score (nSPS) is 15.0. The van der Waals surface area contributed by atoms with E-state index in [0.29, 0.717) is 44.0 Å². The molecule has 1 aliphatic heterocycles. The van der Waals surface area contributed by atoms with Gasteiger partial charge in [0.05, 0.1) is 12.0 Å². The van der Waals surface area contributed by atoms with Crippen molar-refractivity contribution in [2.75, 3.05) is 41.6 Å². The summed E-state index contributed by atoms with van der Waals surface area (Å²) < 4.78 is 31.7. The molecule has 0 spiro atoms. The fourth-order valence-corrected chi connectivity index (χ4v) is 4.30. The summed E-state index contributed by atoms with van der Waals surface area (Å²) in [6, 6.07) is 10.7. The summed E-state index contributed by atoms with van der Waals surface area (Å²) >= 11 is 0. The summed E-state index contributed by atoms with van der Waals surface area (Å²) in [5, 5.41) is 0. The predicted molar refractivity (Wildman–Crippen MR) is 106 cm³/mol. The van der Waals surface area contributed by atoms with Crippen molar-refractivity contribution >= 4 is 27.3 Å². The molecule has 1 N–H and O–H groups in total. The quantitative estimate of drug-likeness (QED) is 0.785. The van der Waals surface area contributed by atoms with Crippen LogP contribution in [0.3, 0.4) is 0 Å². The standard InChI is InChI=1S/C19H25N3O4S/c1-2-3-15-27(24,25)20-16-6-8-17(9-7-16)21-10-12-22(13-11-21)19(23)18-5-4-14-26-18/h4-9,14,20H,2-3,10-13,15H2,1H3. The van der Waals surface area contributed by atoms with E-state index in [0.717, 1.165) is 12.1 Å². The second-order valence-corrected chi connectivity index (χ2v) is 8.42. The van der Waals surface area contributed by atoms with Crippen LogP contribution in [0.5, 0.6) is 0 Å². The van der Waals surface area contributed by atoms with Crippen molar-refractivity contribution in [3.8, 4) is 0 Å². The zero-order chi connectivity index (χ0) is 19.3. The van der Waals surface area contributed by atoms with Gasteiger partial charge in [-0.05, 0) is 42.8 Å². The third-order valence-electron chi connectivity index (χ3n) is 4.57. The van der Waals surface area contributed by atoms with Gasteiger partial charge in [-0.1, -0.05) is 13.3 Å². The van der Waals surface area contributed by atoms with Gasteiger partial charge < -0.3 is 14.2 Å². The van der Waals surface area contributed by atoms with Gasteiger partial charge in [-0.3, -0.25) is 9.52 Å². The molecule has 8 heteroatoms. The number of sulfonamides is 1. The van der Waals surface area contributed by atoms with Crippen LogP contribution < -0.4 is 9.62 Å². The molecule has 0 unspecified atom stereocenters. The van der Waals surface area contributed by atoms with Crippen molar-refractivity contribution in [3.05, 3.63) is 48.4 Å². The Hall–Kier alpha value is -2.48. The highest BCUT2D eigenvalue weighted by molar-refractivity contribution is 7.92. The number of piperazine rings is 1. The highest BCUT2D eigenvalue weighted by Crippen LogP contribution is 2.21. The second kappa shape index (κ2) is 8.47. The average molecular weight is 391 g/mol. The lowest BCUT2D eigenvalue weighted by Crippen LogP contribution is -2.48. The van der Waals surface area contributed by atoms with Crippen LogP contribution in [0.4, 0.5) is 11.4 Å². The molecule has 1 saturated heterocycles. The first-order valence-corrected chi connectivity index (χ1v) is 10.8. The first-order valence-electron chi connectivity index (χ1n) is 9.17. The smallest absolute Gasteiger partial charge is 0.289 e. The van der Waals surface area contributed by atoms with E-state index < -0.39 is 10.0 Å². The zero-order valence-electron chi connectivity index (χ0n) is 15.4. The zero-order valence-corrected chi connectivity index (χ0v) is 16.2. The molecule has 1 aromatic heterocycles. The van der Waals surface area contributed by atoms with Gasteiger partial charge in [-0.2, -0.15) is 0 Å². The number of benzene rings is 1.